The van der Waals surface area contributed by atoms with Gasteiger partial charge in [0.1, 0.15) is 5.60 Å². The molecule has 23 heavy (non-hydrogen) atoms. The molecule has 0 fully saturated rings. The van der Waals surface area contributed by atoms with Gasteiger partial charge in [-0.25, -0.2) is 4.79 Å². The van der Waals surface area contributed by atoms with E-state index in [1.807, 2.05) is 25.1 Å². The number of benzene rings is 1. The average molecular weight is 341 g/mol. The zero-order chi connectivity index (χ0) is 17.4. The number of hydrogen-bond acceptors (Lipinski definition) is 5. The predicted molar refractivity (Wildman–Crippen MR) is 88.2 cm³/mol. The Kier molecular flexibility index (Phi) is 4.73. The summed E-state index contributed by atoms with van der Waals surface area (Å²) in [6.07, 6.45) is 0.316. The van der Waals surface area contributed by atoms with Crippen LogP contribution in [0, 0.1) is 6.92 Å². The first-order chi connectivity index (χ1) is 10.4. The molecule has 1 unspecified atom stereocenters. The summed E-state index contributed by atoms with van der Waals surface area (Å²) < 4.78 is 33.4. The summed E-state index contributed by atoms with van der Waals surface area (Å²) in [7, 11) is -3.60. The van der Waals surface area contributed by atoms with Crippen LogP contribution in [0.3, 0.4) is 0 Å². The summed E-state index contributed by atoms with van der Waals surface area (Å²) >= 11 is 0. The van der Waals surface area contributed by atoms with E-state index >= 15 is 0 Å². The average Bonchev–Trinajstić information content (AvgIpc) is 2.33. The van der Waals surface area contributed by atoms with Crippen LogP contribution in [0.5, 0.6) is 0 Å². The zero-order valence-electron chi connectivity index (χ0n) is 14.1. The van der Waals surface area contributed by atoms with E-state index in [2.05, 4.69) is 0 Å². The van der Waals surface area contributed by atoms with Gasteiger partial charge in [-0.15, -0.1) is 0 Å². The van der Waals surface area contributed by atoms with Crippen molar-refractivity contribution in [3.05, 3.63) is 29.3 Å². The summed E-state index contributed by atoms with van der Waals surface area (Å²) in [6, 6.07) is 5.70. The van der Waals surface area contributed by atoms with Crippen molar-refractivity contribution in [2.24, 2.45) is 0 Å². The van der Waals surface area contributed by atoms with Gasteiger partial charge >= 0.3 is 6.09 Å². The van der Waals surface area contributed by atoms with E-state index in [1.54, 1.807) is 20.8 Å². The first-order valence-electron chi connectivity index (χ1n) is 7.43. The summed E-state index contributed by atoms with van der Waals surface area (Å²) in [4.78, 5) is 13.9. The first-order valence-corrected chi connectivity index (χ1v) is 9.24. The second-order valence-electron chi connectivity index (χ2n) is 6.85. The van der Waals surface area contributed by atoms with Gasteiger partial charge in [-0.1, -0.05) is 17.7 Å². The van der Waals surface area contributed by atoms with Gasteiger partial charge in [0.15, 0.2) is 0 Å². The quantitative estimate of drug-likeness (QED) is 0.773. The van der Waals surface area contributed by atoms with Crippen LogP contribution < -0.4 is 4.90 Å². The molecule has 0 bridgehead atoms. The van der Waals surface area contributed by atoms with E-state index in [0.717, 1.165) is 23.1 Å². The summed E-state index contributed by atoms with van der Waals surface area (Å²) in [6.45, 7) is 7.44. The van der Waals surface area contributed by atoms with Crippen LogP contribution in [0.1, 0.15) is 31.9 Å². The lowest BCUT2D eigenvalue weighted by Gasteiger charge is -2.35. The third-order valence-electron chi connectivity index (χ3n) is 3.28. The van der Waals surface area contributed by atoms with Crippen molar-refractivity contribution in [2.75, 3.05) is 17.7 Å². The highest BCUT2D eigenvalue weighted by atomic mass is 32.2. The van der Waals surface area contributed by atoms with Gasteiger partial charge in [0, 0.05) is 6.42 Å². The first kappa shape index (κ1) is 17.7. The summed E-state index contributed by atoms with van der Waals surface area (Å²) in [5, 5.41) is 0. The Labute approximate surface area is 137 Å². The smallest absolute Gasteiger partial charge is 0.414 e. The van der Waals surface area contributed by atoms with Crippen LogP contribution >= 0.6 is 0 Å². The number of carbonyl (C=O) groups is 1. The molecule has 0 saturated heterocycles. The van der Waals surface area contributed by atoms with Crippen LogP contribution in [0.15, 0.2) is 18.2 Å². The van der Waals surface area contributed by atoms with Crippen LogP contribution in [0.2, 0.25) is 0 Å². The second kappa shape index (κ2) is 6.13. The number of amides is 1. The minimum atomic E-state index is -3.60. The van der Waals surface area contributed by atoms with Crippen molar-refractivity contribution < 1.29 is 22.1 Å². The van der Waals surface area contributed by atoms with Gasteiger partial charge in [0.2, 0.25) is 0 Å². The maximum atomic E-state index is 12.5. The van der Waals surface area contributed by atoms with Crippen molar-refractivity contribution in [3.8, 4) is 0 Å². The van der Waals surface area contributed by atoms with E-state index in [0.29, 0.717) is 6.42 Å². The molecule has 1 heterocycles. The van der Waals surface area contributed by atoms with Crippen molar-refractivity contribution in [3.63, 3.8) is 0 Å². The molecule has 7 heteroatoms. The topological polar surface area (TPSA) is 72.9 Å². The van der Waals surface area contributed by atoms with Crippen LogP contribution in [-0.2, 0) is 25.5 Å². The summed E-state index contributed by atoms with van der Waals surface area (Å²) in [5.41, 5.74) is 2.01. The lowest BCUT2D eigenvalue weighted by Crippen LogP contribution is -2.46. The lowest BCUT2D eigenvalue weighted by atomic mass is 9.98. The Balaban J connectivity index is 2.34. The van der Waals surface area contributed by atoms with E-state index in [-0.39, 0.29) is 6.54 Å². The van der Waals surface area contributed by atoms with Crippen molar-refractivity contribution in [2.45, 2.75) is 45.8 Å². The minimum absolute atomic E-state index is 0.137. The van der Waals surface area contributed by atoms with Gasteiger partial charge in [-0.3, -0.25) is 9.08 Å². The fourth-order valence-corrected chi connectivity index (χ4v) is 3.18. The Morgan fingerprint density at radius 1 is 1.30 bits per heavy atom. The number of aryl methyl sites for hydroxylation is 1. The third-order valence-corrected chi connectivity index (χ3v) is 3.91. The number of nitrogens with zero attached hydrogens (tertiary/aromatic N) is 1. The molecule has 0 aliphatic carbocycles. The van der Waals surface area contributed by atoms with Gasteiger partial charge < -0.3 is 4.74 Å². The van der Waals surface area contributed by atoms with E-state index in [4.69, 9.17) is 8.92 Å². The van der Waals surface area contributed by atoms with Crippen LogP contribution in [0.4, 0.5) is 10.5 Å². The van der Waals surface area contributed by atoms with Crippen LogP contribution in [0.25, 0.3) is 0 Å². The molecule has 128 valence electrons. The molecule has 2 rings (SSSR count). The zero-order valence-corrected chi connectivity index (χ0v) is 14.9. The number of fused-ring (bicyclic) bond motifs is 1. The molecule has 0 saturated carbocycles. The Hall–Kier alpha value is -1.60. The predicted octanol–water partition coefficient (Wildman–Crippen LogP) is 2.64. The Morgan fingerprint density at radius 2 is 1.96 bits per heavy atom. The highest BCUT2D eigenvalue weighted by Gasteiger charge is 2.33. The normalized spacial score (nSPS) is 18.5. The molecule has 0 N–H and O–H groups in total. The number of rotatable bonds is 2. The lowest BCUT2D eigenvalue weighted by molar-refractivity contribution is 0.0557. The molecule has 0 spiro atoms. The summed E-state index contributed by atoms with van der Waals surface area (Å²) in [5.74, 6) is 0. The van der Waals surface area contributed by atoms with E-state index in [9.17, 15) is 13.2 Å². The Bertz CT molecular complexity index is 706. The number of ether oxygens (including phenoxy) is 1. The molecule has 0 aromatic heterocycles. The Morgan fingerprint density at radius 3 is 2.52 bits per heavy atom. The van der Waals surface area contributed by atoms with Gasteiger partial charge in [-0.2, -0.15) is 8.42 Å². The third kappa shape index (κ3) is 4.94. The molecule has 6 nitrogen and oxygen atoms in total. The molecule has 1 aromatic carbocycles. The molecular formula is C16H23NO5S. The second-order valence-corrected chi connectivity index (χ2v) is 8.45. The van der Waals surface area contributed by atoms with E-state index < -0.39 is 27.9 Å². The maximum absolute atomic E-state index is 12.5. The largest absolute Gasteiger partial charge is 0.443 e. The fourth-order valence-electron chi connectivity index (χ4n) is 2.55. The van der Waals surface area contributed by atoms with Gasteiger partial charge in [-0.05, 0) is 39.3 Å². The highest BCUT2D eigenvalue weighted by Crippen LogP contribution is 2.31. The number of anilines is 1. The van der Waals surface area contributed by atoms with Gasteiger partial charge in [0.05, 0.1) is 24.6 Å². The van der Waals surface area contributed by atoms with Crippen LogP contribution in [-0.4, -0.2) is 39.0 Å². The highest BCUT2D eigenvalue weighted by molar-refractivity contribution is 7.86. The van der Waals surface area contributed by atoms with E-state index in [1.165, 1.54) is 4.90 Å². The number of hydrogen-bond donors (Lipinski definition) is 0. The fraction of sp³-hybridized carbons (Fsp3) is 0.562. The molecule has 0 radical (unpaired) electrons. The molecule has 1 aromatic rings. The maximum Gasteiger partial charge on any atom is 0.414 e. The number of carbonyl (C=O) groups excluding carboxylic acids is 1. The molecule has 1 atom stereocenters. The minimum Gasteiger partial charge on any atom is -0.443 e. The molecular weight excluding hydrogens is 318 g/mol. The standard InChI is InChI=1S/C16H23NO5S/c1-11-6-7-14-12(8-11)9-13(22-23(5,19)20)10-17(14)15(18)21-16(2,3)4/h6-8,13H,9-10H2,1-5H3. The van der Waals surface area contributed by atoms with Gasteiger partial charge in [0.25, 0.3) is 10.1 Å². The molecule has 1 aliphatic heterocycles. The molecule has 1 aliphatic rings. The van der Waals surface area contributed by atoms with Crippen molar-refractivity contribution >= 4 is 21.9 Å². The molecule has 1 amide bonds. The SMILES string of the molecule is Cc1ccc2c(c1)CC(OS(C)(=O)=O)CN2C(=O)OC(C)(C)C. The van der Waals surface area contributed by atoms with Crippen molar-refractivity contribution in [1.82, 2.24) is 0 Å². The van der Waals surface area contributed by atoms with Crippen molar-refractivity contribution in [1.29, 1.82) is 0 Å². The monoisotopic (exact) mass is 341 g/mol.